The first-order chi connectivity index (χ1) is 8.01. The van der Waals surface area contributed by atoms with Crippen molar-refractivity contribution in [3.8, 4) is 5.75 Å². The van der Waals surface area contributed by atoms with Gasteiger partial charge in [-0.1, -0.05) is 41.9 Å². The second kappa shape index (κ2) is 6.41. The third kappa shape index (κ3) is 4.00. The molecule has 0 radical (unpaired) electrons. The van der Waals surface area contributed by atoms with Gasteiger partial charge in [0.15, 0.2) is 0 Å². The molecule has 0 aromatic heterocycles. The van der Waals surface area contributed by atoms with Gasteiger partial charge in [0, 0.05) is 12.0 Å². The summed E-state index contributed by atoms with van der Waals surface area (Å²) in [6.45, 7) is 10.3. The summed E-state index contributed by atoms with van der Waals surface area (Å²) in [6, 6.07) is 6.46. The van der Waals surface area contributed by atoms with E-state index in [1.165, 1.54) is 11.1 Å². The number of nitrogens with one attached hydrogen (secondary N) is 1. The average molecular weight is 300 g/mol. The van der Waals surface area contributed by atoms with E-state index < -0.39 is 0 Å². The van der Waals surface area contributed by atoms with Gasteiger partial charge >= 0.3 is 0 Å². The molecule has 0 heterocycles. The molecule has 0 saturated heterocycles. The molecule has 0 amide bonds. The summed E-state index contributed by atoms with van der Waals surface area (Å²) >= 11 is 3.39. The average Bonchev–Trinajstić information content (AvgIpc) is 2.29. The zero-order chi connectivity index (χ0) is 12.9. The first-order valence-corrected chi connectivity index (χ1v) is 7.14. The number of halogens is 1. The zero-order valence-electron chi connectivity index (χ0n) is 11.1. The van der Waals surface area contributed by atoms with Gasteiger partial charge in [-0.2, -0.15) is 0 Å². The zero-order valence-corrected chi connectivity index (χ0v) is 12.7. The van der Waals surface area contributed by atoms with E-state index in [2.05, 4.69) is 60.2 Å². The Kier molecular flexibility index (Phi) is 5.47. The van der Waals surface area contributed by atoms with Gasteiger partial charge in [0.05, 0.1) is 12.1 Å². The molecule has 1 N–H and O–H groups in total. The van der Waals surface area contributed by atoms with E-state index in [0.717, 1.165) is 17.7 Å². The standard InChI is InChI=1S/C14H22BrNO/c1-5-17-13-7-6-12(8-11(13)2)14(3,4)9-16-10-15/h6-8,16H,5,9-10H2,1-4H3. The van der Waals surface area contributed by atoms with Crippen LogP contribution in [0.15, 0.2) is 18.2 Å². The minimum atomic E-state index is 0.128. The lowest BCUT2D eigenvalue weighted by molar-refractivity contribution is 0.337. The number of ether oxygens (including phenoxy) is 1. The largest absolute Gasteiger partial charge is 0.494 e. The lowest BCUT2D eigenvalue weighted by Gasteiger charge is -2.26. The fourth-order valence-corrected chi connectivity index (χ4v) is 2.05. The first kappa shape index (κ1) is 14.5. The fourth-order valence-electron chi connectivity index (χ4n) is 1.85. The Morgan fingerprint density at radius 3 is 2.59 bits per heavy atom. The van der Waals surface area contributed by atoms with Crippen molar-refractivity contribution in [2.75, 3.05) is 18.6 Å². The number of alkyl halides is 1. The number of hydrogen-bond acceptors (Lipinski definition) is 2. The van der Waals surface area contributed by atoms with Crippen LogP contribution in [0.1, 0.15) is 31.9 Å². The maximum Gasteiger partial charge on any atom is 0.122 e. The van der Waals surface area contributed by atoms with E-state index in [9.17, 15) is 0 Å². The highest BCUT2D eigenvalue weighted by Gasteiger charge is 2.20. The summed E-state index contributed by atoms with van der Waals surface area (Å²) in [5.41, 5.74) is 3.50. The second-order valence-electron chi connectivity index (χ2n) is 4.86. The van der Waals surface area contributed by atoms with Gasteiger partial charge in [0.25, 0.3) is 0 Å². The Hall–Kier alpha value is -0.540. The van der Waals surface area contributed by atoms with Crippen molar-refractivity contribution >= 4 is 15.9 Å². The van der Waals surface area contributed by atoms with Crippen LogP contribution in [0, 0.1) is 6.92 Å². The molecule has 0 aliphatic carbocycles. The predicted octanol–water partition coefficient (Wildman–Crippen LogP) is 3.61. The summed E-state index contributed by atoms with van der Waals surface area (Å²) in [5, 5.41) is 3.33. The molecule has 17 heavy (non-hydrogen) atoms. The van der Waals surface area contributed by atoms with E-state index in [1.807, 2.05) is 6.92 Å². The van der Waals surface area contributed by atoms with Gasteiger partial charge in [-0.3, -0.25) is 0 Å². The van der Waals surface area contributed by atoms with Crippen molar-refractivity contribution in [3.05, 3.63) is 29.3 Å². The summed E-state index contributed by atoms with van der Waals surface area (Å²) in [6.07, 6.45) is 0. The molecule has 1 aromatic rings. The highest BCUT2D eigenvalue weighted by molar-refractivity contribution is 9.09. The minimum Gasteiger partial charge on any atom is -0.494 e. The quantitative estimate of drug-likeness (QED) is 0.640. The molecule has 1 aromatic carbocycles. The maximum absolute atomic E-state index is 5.56. The van der Waals surface area contributed by atoms with Crippen LogP contribution >= 0.6 is 15.9 Å². The van der Waals surface area contributed by atoms with Crippen molar-refractivity contribution in [3.63, 3.8) is 0 Å². The number of hydrogen-bond donors (Lipinski definition) is 1. The Bertz CT molecular complexity index is 363. The molecule has 0 saturated carbocycles. The Morgan fingerprint density at radius 1 is 1.35 bits per heavy atom. The molecule has 3 heteroatoms. The minimum absolute atomic E-state index is 0.128. The van der Waals surface area contributed by atoms with Crippen molar-refractivity contribution in [1.29, 1.82) is 0 Å². The van der Waals surface area contributed by atoms with Gasteiger partial charge in [-0.05, 0) is 31.0 Å². The molecule has 0 bridgehead atoms. The van der Waals surface area contributed by atoms with E-state index in [-0.39, 0.29) is 5.41 Å². The Balaban J connectivity index is 2.88. The summed E-state index contributed by atoms with van der Waals surface area (Å²) < 4.78 is 5.56. The van der Waals surface area contributed by atoms with Crippen molar-refractivity contribution in [2.45, 2.75) is 33.1 Å². The molecule has 0 spiro atoms. The maximum atomic E-state index is 5.56. The van der Waals surface area contributed by atoms with Crippen molar-refractivity contribution in [2.24, 2.45) is 0 Å². The van der Waals surface area contributed by atoms with E-state index >= 15 is 0 Å². The van der Waals surface area contributed by atoms with Gasteiger partial charge in [-0.15, -0.1) is 0 Å². The van der Waals surface area contributed by atoms with E-state index in [0.29, 0.717) is 6.61 Å². The monoisotopic (exact) mass is 299 g/mol. The van der Waals surface area contributed by atoms with Crippen LogP contribution in [0.5, 0.6) is 5.75 Å². The van der Waals surface area contributed by atoms with Gasteiger partial charge in [-0.25, -0.2) is 0 Å². The first-order valence-electron chi connectivity index (χ1n) is 6.02. The smallest absolute Gasteiger partial charge is 0.122 e. The van der Waals surface area contributed by atoms with Crippen molar-refractivity contribution in [1.82, 2.24) is 5.32 Å². The molecule has 0 aliphatic heterocycles. The number of rotatable bonds is 6. The SMILES string of the molecule is CCOc1ccc(C(C)(C)CNCBr)cc1C. The lowest BCUT2D eigenvalue weighted by Crippen LogP contribution is -2.32. The molecule has 0 aliphatic rings. The molecule has 0 fully saturated rings. The number of benzene rings is 1. The van der Waals surface area contributed by atoms with Crippen LogP contribution in [0.4, 0.5) is 0 Å². The highest BCUT2D eigenvalue weighted by Crippen LogP contribution is 2.27. The summed E-state index contributed by atoms with van der Waals surface area (Å²) in [4.78, 5) is 0. The highest BCUT2D eigenvalue weighted by atomic mass is 79.9. The molecule has 2 nitrogen and oxygen atoms in total. The molecular weight excluding hydrogens is 278 g/mol. The normalized spacial score (nSPS) is 11.6. The van der Waals surface area contributed by atoms with Crippen LogP contribution < -0.4 is 10.1 Å². The van der Waals surface area contributed by atoms with Gasteiger partial charge in [0.1, 0.15) is 5.75 Å². The predicted molar refractivity (Wildman–Crippen MR) is 77.2 cm³/mol. The molecular formula is C14H22BrNO. The fraction of sp³-hybridized carbons (Fsp3) is 0.571. The van der Waals surface area contributed by atoms with E-state index in [1.54, 1.807) is 0 Å². The Labute approximate surface area is 113 Å². The van der Waals surface area contributed by atoms with Crippen LogP contribution in [-0.4, -0.2) is 18.6 Å². The molecule has 1 rings (SSSR count). The summed E-state index contributed by atoms with van der Waals surface area (Å²) in [7, 11) is 0. The second-order valence-corrected chi connectivity index (χ2v) is 5.42. The third-order valence-corrected chi connectivity index (χ3v) is 3.31. The van der Waals surface area contributed by atoms with Crippen LogP contribution in [0.2, 0.25) is 0 Å². The van der Waals surface area contributed by atoms with Crippen LogP contribution in [0.25, 0.3) is 0 Å². The third-order valence-electron chi connectivity index (χ3n) is 2.92. The van der Waals surface area contributed by atoms with Crippen molar-refractivity contribution < 1.29 is 4.74 Å². The topological polar surface area (TPSA) is 21.3 Å². The Morgan fingerprint density at radius 2 is 2.06 bits per heavy atom. The van der Waals surface area contributed by atoms with Gasteiger partial charge in [0.2, 0.25) is 0 Å². The van der Waals surface area contributed by atoms with Crippen LogP contribution in [0.3, 0.4) is 0 Å². The molecule has 96 valence electrons. The van der Waals surface area contributed by atoms with Crippen LogP contribution in [-0.2, 0) is 5.41 Å². The van der Waals surface area contributed by atoms with Gasteiger partial charge < -0.3 is 10.1 Å². The summed E-state index contributed by atoms with van der Waals surface area (Å²) in [5.74, 6) is 0.987. The lowest BCUT2D eigenvalue weighted by atomic mass is 9.84. The number of aryl methyl sites for hydroxylation is 1. The van der Waals surface area contributed by atoms with E-state index in [4.69, 9.17) is 4.74 Å². The molecule has 0 unspecified atom stereocenters. The molecule has 0 atom stereocenters.